The third kappa shape index (κ3) is 7.68. The van der Waals surface area contributed by atoms with Crippen LogP contribution in [0.1, 0.15) is 70.2 Å². The Labute approximate surface area is 273 Å². The molecule has 0 bridgehead atoms. The van der Waals surface area contributed by atoms with Crippen LogP contribution in [0.2, 0.25) is 0 Å². The monoisotopic (exact) mass is 660 g/mol. The van der Waals surface area contributed by atoms with Gasteiger partial charge in [-0.05, 0) is 96.0 Å². The number of likely N-dealkylation sites (tertiary alicyclic amines) is 2. The summed E-state index contributed by atoms with van der Waals surface area (Å²) in [7, 11) is 0. The number of amides is 1. The maximum absolute atomic E-state index is 14.4. The third-order valence-corrected chi connectivity index (χ3v) is 9.69. The molecule has 10 nitrogen and oxygen atoms in total. The number of carbonyl (C=O) groups is 1. The molecule has 3 aliphatic heterocycles. The molecule has 47 heavy (non-hydrogen) atoms. The van der Waals surface area contributed by atoms with Crippen LogP contribution in [0.5, 0.6) is 11.5 Å². The first-order chi connectivity index (χ1) is 22.2. The fourth-order valence-corrected chi connectivity index (χ4v) is 7.30. The molecular formula is C33H44F4N8O2. The summed E-state index contributed by atoms with van der Waals surface area (Å²) in [5.41, 5.74) is -0.0591. The van der Waals surface area contributed by atoms with Crippen LogP contribution in [-0.2, 0) is 0 Å². The number of amidine groups is 2. The smallest absolute Gasteiger partial charge is 0.449 e. The lowest BCUT2D eigenvalue weighted by Gasteiger charge is -2.47. The zero-order valence-corrected chi connectivity index (χ0v) is 27.4. The van der Waals surface area contributed by atoms with E-state index in [-0.39, 0.29) is 53.5 Å². The summed E-state index contributed by atoms with van der Waals surface area (Å²) in [6.45, 7) is 11.7. The number of carbonyl (C=O) groups excluding carboxylic acids is 1. The number of hydrogen-bond donors (Lipinski definition) is 2. The van der Waals surface area contributed by atoms with Gasteiger partial charge in [0.25, 0.3) is 5.91 Å². The Morgan fingerprint density at radius 3 is 2.40 bits per heavy atom. The Bertz CT molecular complexity index is 1470. The number of piperidine rings is 2. The molecule has 1 atom stereocenters. The second kappa shape index (κ2) is 13.7. The van der Waals surface area contributed by atoms with Crippen molar-refractivity contribution in [2.45, 2.75) is 78.1 Å². The van der Waals surface area contributed by atoms with Gasteiger partial charge in [-0.3, -0.25) is 15.6 Å². The molecule has 2 aromatic rings. The van der Waals surface area contributed by atoms with Crippen molar-refractivity contribution >= 4 is 23.4 Å². The Morgan fingerprint density at radius 1 is 1.09 bits per heavy atom. The maximum Gasteiger partial charge on any atom is 0.449 e. The molecular weight excluding hydrogens is 616 g/mol. The summed E-state index contributed by atoms with van der Waals surface area (Å²) in [4.78, 5) is 29.2. The standard InChI is InChI=1S/C33H44F4N8O2/c1-21(2)45(22(3)4)30(46)25-15-24(34)5-6-26(25)47-27-17-40-20-41-29(27)43-11-7-23(19-43)18-42-12-8-32(9-13-42)10-14-44(28(38)16-32)31(39)33(35,36)37/h5-6,15,17,20-23,38-39H,7-14,16,18-19H2,1-4H3. The van der Waals surface area contributed by atoms with E-state index in [1.165, 1.54) is 24.5 Å². The van der Waals surface area contributed by atoms with Crippen LogP contribution in [0.15, 0.2) is 30.7 Å². The Kier molecular flexibility index (Phi) is 10.1. The van der Waals surface area contributed by atoms with Crippen molar-refractivity contribution in [3.05, 3.63) is 42.1 Å². The van der Waals surface area contributed by atoms with Gasteiger partial charge in [0, 0.05) is 44.7 Å². The molecule has 0 aliphatic carbocycles. The van der Waals surface area contributed by atoms with Crippen molar-refractivity contribution < 1.29 is 27.1 Å². The summed E-state index contributed by atoms with van der Waals surface area (Å²) < 4.78 is 59.8. The van der Waals surface area contributed by atoms with Crippen LogP contribution < -0.4 is 9.64 Å². The zero-order chi connectivity index (χ0) is 34.1. The summed E-state index contributed by atoms with van der Waals surface area (Å²) in [6, 6.07) is 3.73. The summed E-state index contributed by atoms with van der Waals surface area (Å²) in [5, 5.41) is 15.7. The molecule has 3 saturated heterocycles. The first-order valence-corrected chi connectivity index (χ1v) is 16.3. The molecule has 0 saturated carbocycles. The number of nitrogens with one attached hydrogen (secondary N) is 2. The molecule has 1 unspecified atom stereocenters. The van der Waals surface area contributed by atoms with Gasteiger partial charge in [-0.2, -0.15) is 13.2 Å². The molecule has 1 aromatic carbocycles. The van der Waals surface area contributed by atoms with Crippen LogP contribution in [0.4, 0.5) is 23.4 Å². The second-order valence-electron chi connectivity index (χ2n) is 13.6. The minimum atomic E-state index is -4.75. The number of anilines is 1. The molecule has 4 heterocycles. The number of halogens is 4. The molecule has 256 valence electrons. The van der Waals surface area contributed by atoms with E-state index in [2.05, 4.69) is 19.8 Å². The van der Waals surface area contributed by atoms with E-state index >= 15 is 0 Å². The largest absolute Gasteiger partial charge is 0.451 e. The van der Waals surface area contributed by atoms with Gasteiger partial charge in [-0.15, -0.1) is 0 Å². The lowest BCUT2D eigenvalue weighted by molar-refractivity contribution is -0.0683. The minimum Gasteiger partial charge on any atom is -0.451 e. The fraction of sp³-hybridized carbons (Fsp3) is 0.606. The van der Waals surface area contributed by atoms with Crippen molar-refractivity contribution in [1.29, 1.82) is 10.8 Å². The molecule has 2 N–H and O–H groups in total. The highest BCUT2D eigenvalue weighted by atomic mass is 19.4. The number of benzene rings is 1. The van der Waals surface area contributed by atoms with Gasteiger partial charge >= 0.3 is 6.18 Å². The predicted molar refractivity (Wildman–Crippen MR) is 171 cm³/mol. The highest BCUT2D eigenvalue weighted by Crippen LogP contribution is 2.43. The summed E-state index contributed by atoms with van der Waals surface area (Å²) in [5.74, 6) is -0.864. The summed E-state index contributed by atoms with van der Waals surface area (Å²) >= 11 is 0. The van der Waals surface area contributed by atoms with Gasteiger partial charge in [0.2, 0.25) is 5.84 Å². The molecule has 14 heteroatoms. The molecule has 5 rings (SSSR count). The van der Waals surface area contributed by atoms with E-state index < -0.39 is 17.8 Å². The first kappa shape index (κ1) is 34.5. The highest BCUT2D eigenvalue weighted by Gasteiger charge is 2.46. The van der Waals surface area contributed by atoms with Crippen LogP contribution in [0.25, 0.3) is 0 Å². The lowest BCUT2D eigenvalue weighted by Crippen LogP contribution is -2.53. The number of nitrogens with zero attached hydrogens (tertiary/aromatic N) is 6. The average molecular weight is 661 g/mol. The Hall–Kier alpha value is -3.81. The van der Waals surface area contributed by atoms with E-state index in [0.717, 1.165) is 56.9 Å². The van der Waals surface area contributed by atoms with E-state index in [9.17, 15) is 22.4 Å². The third-order valence-electron chi connectivity index (χ3n) is 9.69. The predicted octanol–water partition coefficient (Wildman–Crippen LogP) is 6.19. The molecule has 3 aliphatic rings. The number of hydrogen-bond acceptors (Lipinski definition) is 8. The number of alkyl halides is 3. The van der Waals surface area contributed by atoms with Gasteiger partial charge in [0.15, 0.2) is 11.6 Å². The van der Waals surface area contributed by atoms with Crippen molar-refractivity contribution in [3.8, 4) is 11.5 Å². The molecule has 1 amide bonds. The Balaban J connectivity index is 1.20. The van der Waals surface area contributed by atoms with Crippen LogP contribution in [0.3, 0.4) is 0 Å². The van der Waals surface area contributed by atoms with Crippen molar-refractivity contribution in [1.82, 2.24) is 24.7 Å². The number of ether oxygens (including phenoxy) is 1. The van der Waals surface area contributed by atoms with Gasteiger partial charge < -0.3 is 24.3 Å². The zero-order valence-electron chi connectivity index (χ0n) is 27.4. The van der Waals surface area contributed by atoms with Crippen molar-refractivity contribution in [2.24, 2.45) is 11.3 Å². The minimum absolute atomic E-state index is 0.0549. The lowest BCUT2D eigenvalue weighted by atomic mass is 9.70. The van der Waals surface area contributed by atoms with Crippen LogP contribution in [0, 0.1) is 28.0 Å². The van der Waals surface area contributed by atoms with E-state index in [1.54, 1.807) is 11.1 Å². The van der Waals surface area contributed by atoms with Crippen molar-refractivity contribution in [2.75, 3.05) is 44.2 Å². The second-order valence-corrected chi connectivity index (χ2v) is 13.6. The van der Waals surface area contributed by atoms with Gasteiger partial charge in [0.1, 0.15) is 23.7 Å². The fourth-order valence-electron chi connectivity index (χ4n) is 7.30. The average Bonchev–Trinajstić information content (AvgIpc) is 3.47. The summed E-state index contributed by atoms with van der Waals surface area (Å²) in [6.07, 6.45) is 1.63. The van der Waals surface area contributed by atoms with Crippen LogP contribution in [-0.4, -0.2) is 99.8 Å². The first-order valence-electron chi connectivity index (χ1n) is 16.3. The van der Waals surface area contributed by atoms with Gasteiger partial charge in [-0.1, -0.05) is 0 Å². The molecule has 0 radical (unpaired) electrons. The van der Waals surface area contributed by atoms with E-state index in [4.69, 9.17) is 15.6 Å². The number of rotatable bonds is 8. The molecule has 3 fully saturated rings. The SMILES string of the molecule is CC(C)N(C(=O)c1cc(F)ccc1Oc1cncnc1N1CCC(CN2CCC3(CC2)CCN(C(=N)C(F)(F)F)C(=N)C3)C1)C(C)C. The quantitative estimate of drug-likeness (QED) is 0.197. The topological polar surface area (TPSA) is 113 Å². The van der Waals surface area contributed by atoms with E-state index in [0.29, 0.717) is 23.9 Å². The van der Waals surface area contributed by atoms with E-state index in [1.807, 2.05) is 27.7 Å². The number of aromatic nitrogens is 2. The molecule has 1 aromatic heterocycles. The highest BCUT2D eigenvalue weighted by molar-refractivity contribution is 6.01. The van der Waals surface area contributed by atoms with Gasteiger partial charge in [0.05, 0.1) is 11.8 Å². The molecule has 1 spiro atoms. The normalized spacial score (nSPS) is 20.4. The maximum atomic E-state index is 14.4. The van der Waals surface area contributed by atoms with Gasteiger partial charge in [-0.25, -0.2) is 14.4 Å². The Morgan fingerprint density at radius 2 is 1.77 bits per heavy atom. The van der Waals surface area contributed by atoms with Crippen LogP contribution >= 0.6 is 0 Å². The van der Waals surface area contributed by atoms with Crippen molar-refractivity contribution in [3.63, 3.8) is 0 Å².